The Bertz CT molecular complexity index is 972. The molecule has 2 N–H and O–H groups in total. The maximum Gasteiger partial charge on any atom is 0.118 e. The van der Waals surface area contributed by atoms with Crippen molar-refractivity contribution in [2.75, 3.05) is 0 Å². The van der Waals surface area contributed by atoms with Crippen LogP contribution < -0.4 is 0 Å². The first-order valence-corrected chi connectivity index (χ1v) is 6.75. The number of nitrogens with zero attached hydrogens (tertiary/aromatic N) is 2. The van der Waals surface area contributed by atoms with Gasteiger partial charge in [-0.3, -0.25) is 4.98 Å². The molecule has 0 radical (unpaired) electrons. The van der Waals surface area contributed by atoms with Gasteiger partial charge in [0.25, 0.3) is 0 Å². The molecular weight excluding hydrogens is 262 g/mol. The minimum atomic E-state index is 0.312. The number of nitrogens with one attached hydrogen (secondary N) is 1. The smallest absolute Gasteiger partial charge is 0.118 e. The van der Waals surface area contributed by atoms with Crippen molar-refractivity contribution in [3.8, 4) is 16.9 Å². The van der Waals surface area contributed by atoms with E-state index >= 15 is 0 Å². The number of aromatic nitrogens is 3. The summed E-state index contributed by atoms with van der Waals surface area (Å²) in [5.41, 5.74) is 5.76. The van der Waals surface area contributed by atoms with Gasteiger partial charge in [-0.25, -0.2) is 4.98 Å². The van der Waals surface area contributed by atoms with Gasteiger partial charge in [0.1, 0.15) is 11.3 Å². The maximum absolute atomic E-state index is 9.69. The quantitative estimate of drug-likeness (QED) is 0.555. The molecule has 0 spiro atoms. The molecular formula is C17H13N3O. The molecule has 0 fully saturated rings. The first kappa shape index (κ1) is 11.9. The van der Waals surface area contributed by atoms with E-state index in [-0.39, 0.29) is 0 Å². The Morgan fingerprint density at radius 3 is 2.76 bits per heavy atom. The van der Waals surface area contributed by atoms with Gasteiger partial charge < -0.3 is 10.1 Å². The van der Waals surface area contributed by atoms with Crippen molar-refractivity contribution in [3.05, 3.63) is 54.5 Å². The lowest BCUT2D eigenvalue weighted by atomic mass is 9.99. The van der Waals surface area contributed by atoms with Crippen LogP contribution in [0.25, 0.3) is 33.1 Å². The number of benzene rings is 2. The summed E-state index contributed by atoms with van der Waals surface area (Å²) < 4.78 is 0. The van der Waals surface area contributed by atoms with Gasteiger partial charge in [0, 0.05) is 11.6 Å². The van der Waals surface area contributed by atoms with Crippen LogP contribution in [0.3, 0.4) is 0 Å². The van der Waals surface area contributed by atoms with Crippen molar-refractivity contribution in [2.24, 2.45) is 0 Å². The van der Waals surface area contributed by atoms with E-state index < -0.39 is 0 Å². The number of imidazole rings is 1. The topological polar surface area (TPSA) is 61.8 Å². The largest absolute Gasteiger partial charge is 0.508 e. The van der Waals surface area contributed by atoms with Crippen LogP contribution in [0.15, 0.2) is 48.9 Å². The van der Waals surface area contributed by atoms with Crippen LogP contribution in [0.2, 0.25) is 0 Å². The zero-order valence-electron chi connectivity index (χ0n) is 11.5. The highest BCUT2D eigenvalue weighted by atomic mass is 16.3. The third-order valence-electron chi connectivity index (χ3n) is 3.81. The summed E-state index contributed by atoms with van der Waals surface area (Å²) >= 11 is 0. The highest BCUT2D eigenvalue weighted by Gasteiger charge is 2.10. The summed E-state index contributed by atoms with van der Waals surface area (Å²) in [5, 5.41) is 10.7. The van der Waals surface area contributed by atoms with E-state index in [1.807, 2.05) is 31.2 Å². The molecule has 0 bridgehead atoms. The van der Waals surface area contributed by atoms with E-state index in [1.54, 1.807) is 18.6 Å². The van der Waals surface area contributed by atoms with Crippen molar-refractivity contribution in [1.29, 1.82) is 0 Å². The maximum atomic E-state index is 9.69. The van der Waals surface area contributed by atoms with Crippen molar-refractivity contribution in [1.82, 2.24) is 15.0 Å². The summed E-state index contributed by atoms with van der Waals surface area (Å²) in [5.74, 6) is 0.312. The summed E-state index contributed by atoms with van der Waals surface area (Å²) in [7, 11) is 0. The van der Waals surface area contributed by atoms with Crippen molar-refractivity contribution < 1.29 is 5.11 Å². The van der Waals surface area contributed by atoms with E-state index in [0.717, 1.165) is 38.6 Å². The number of H-pyrrole nitrogens is 1. The fourth-order valence-electron chi connectivity index (χ4n) is 2.69. The molecule has 4 rings (SSSR count). The van der Waals surface area contributed by atoms with Crippen molar-refractivity contribution >= 4 is 21.9 Å². The van der Waals surface area contributed by atoms with Gasteiger partial charge in [0.15, 0.2) is 0 Å². The highest BCUT2D eigenvalue weighted by molar-refractivity contribution is 6.07. The average Bonchev–Trinajstić information content (AvgIpc) is 2.98. The van der Waals surface area contributed by atoms with E-state index in [9.17, 15) is 5.11 Å². The van der Waals surface area contributed by atoms with Crippen molar-refractivity contribution in [3.63, 3.8) is 0 Å². The van der Waals surface area contributed by atoms with Crippen LogP contribution in [-0.2, 0) is 0 Å². The normalized spacial score (nSPS) is 11.3. The molecule has 102 valence electrons. The first-order valence-electron chi connectivity index (χ1n) is 6.75. The van der Waals surface area contributed by atoms with Gasteiger partial charge in [0.05, 0.1) is 17.4 Å². The van der Waals surface area contributed by atoms with Gasteiger partial charge in [-0.05, 0) is 53.9 Å². The van der Waals surface area contributed by atoms with Crippen molar-refractivity contribution in [2.45, 2.75) is 6.92 Å². The van der Waals surface area contributed by atoms with E-state index in [2.05, 4.69) is 21.0 Å². The van der Waals surface area contributed by atoms with Crippen LogP contribution in [-0.4, -0.2) is 20.1 Å². The number of hydrogen-bond acceptors (Lipinski definition) is 3. The molecule has 4 aromatic rings. The second kappa shape index (κ2) is 4.31. The summed E-state index contributed by atoms with van der Waals surface area (Å²) in [6.07, 6.45) is 3.48. The van der Waals surface area contributed by atoms with E-state index in [4.69, 9.17) is 0 Å². The molecule has 2 heterocycles. The Balaban J connectivity index is 2.06. The van der Waals surface area contributed by atoms with Crippen LogP contribution in [0.4, 0.5) is 0 Å². The van der Waals surface area contributed by atoms with Crippen LogP contribution in [0.5, 0.6) is 5.75 Å². The first-order chi connectivity index (χ1) is 10.2. The fraction of sp³-hybridized carbons (Fsp3) is 0.0588. The molecule has 0 aliphatic heterocycles. The third-order valence-corrected chi connectivity index (χ3v) is 3.81. The number of hydrogen-bond donors (Lipinski definition) is 2. The lowest BCUT2D eigenvalue weighted by Crippen LogP contribution is -1.87. The SMILES string of the molecule is Cc1cc(-c2ccnc3c2ccc2[nH]cnc23)ccc1O. The molecule has 0 aliphatic carbocycles. The van der Waals surface area contributed by atoms with Gasteiger partial charge in [-0.15, -0.1) is 0 Å². The van der Waals surface area contributed by atoms with E-state index in [0.29, 0.717) is 5.75 Å². The number of fused-ring (bicyclic) bond motifs is 3. The number of phenolic OH excluding ortho intramolecular Hbond substituents is 1. The average molecular weight is 275 g/mol. The summed E-state index contributed by atoms with van der Waals surface area (Å²) in [4.78, 5) is 11.9. The molecule has 0 saturated heterocycles. The molecule has 4 nitrogen and oxygen atoms in total. The Kier molecular flexibility index (Phi) is 2.44. The van der Waals surface area contributed by atoms with Crippen LogP contribution in [0, 0.1) is 6.92 Å². The number of aromatic hydroxyl groups is 1. The minimum Gasteiger partial charge on any atom is -0.508 e. The van der Waals surface area contributed by atoms with Gasteiger partial charge >= 0.3 is 0 Å². The van der Waals surface area contributed by atoms with Crippen LogP contribution in [0.1, 0.15) is 5.56 Å². The molecule has 0 amide bonds. The molecule has 0 atom stereocenters. The van der Waals surface area contributed by atoms with Gasteiger partial charge in [-0.1, -0.05) is 6.07 Å². The molecule has 2 aromatic carbocycles. The number of aromatic amines is 1. The number of aryl methyl sites for hydroxylation is 1. The second-order valence-electron chi connectivity index (χ2n) is 5.12. The Hall–Kier alpha value is -2.88. The Morgan fingerprint density at radius 1 is 1.00 bits per heavy atom. The molecule has 4 heteroatoms. The monoisotopic (exact) mass is 275 g/mol. The Morgan fingerprint density at radius 2 is 1.90 bits per heavy atom. The molecule has 0 aliphatic rings. The molecule has 0 unspecified atom stereocenters. The predicted molar refractivity (Wildman–Crippen MR) is 83.2 cm³/mol. The highest BCUT2D eigenvalue weighted by Crippen LogP contribution is 2.32. The van der Waals surface area contributed by atoms with E-state index in [1.165, 1.54) is 0 Å². The summed E-state index contributed by atoms with van der Waals surface area (Å²) in [6, 6.07) is 11.7. The zero-order valence-corrected chi connectivity index (χ0v) is 11.5. The summed E-state index contributed by atoms with van der Waals surface area (Å²) in [6.45, 7) is 1.90. The molecule has 2 aromatic heterocycles. The number of rotatable bonds is 1. The van der Waals surface area contributed by atoms with Gasteiger partial charge in [0.2, 0.25) is 0 Å². The third kappa shape index (κ3) is 1.76. The predicted octanol–water partition coefficient (Wildman–Crippen LogP) is 3.79. The van der Waals surface area contributed by atoms with Crippen LogP contribution >= 0.6 is 0 Å². The van der Waals surface area contributed by atoms with Gasteiger partial charge in [-0.2, -0.15) is 0 Å². The Labute approximate surface area is 121 Å². The molecule has 21 heavy (non-hydrogen) atoms. The standard InChI is InChI=1S/C17H13N3O/c1-10-8-11(2-5-15(10)21)12-6-7-18-16-13(12)3-4-14-17(16)20-9-19-14/h2-9,21H,1H3,(H,19,20). The number of phenols is 1. The second-order valence-corrected chi connectivity index (χ2v) is 5.12. The molecule has 0 saturated carbocycles. The minimum absolute atomic E-state index is 0.312. The fourth-order valence-corrected chi connectivity index (χ4v) is 2.69. The number of pyridine rings is 1. The lowest BCUT2D eigenvalue weighted by molar-refractivity contribution is 0.471. The zero-order chi connectivity index (χ0) is 14.4. The lowest BCUT2D eigenvalue weighted by Gasteiger charge is -2.08.